The maximum Gasteiger partial charge on any atom is 0.324 e. The van der Waals surface area contributed by atoms with E-state index in [0.29, 0.717) is 12.8 Å². The van der Waals surface area contributed by atoms with Crippen molar-refractivity contribution in [2.24, 2.45) is 5.41 Å². The number of hydrogen-bond donors (Lipinski definition) is 0. The molecule has 1 aromatic rings. The summed E-state index contributed by atoms with van der Waals surface area (Å²) < 4.78 is 11.7. The third-order valence-electron chi connectivity index (χ3n) is 7.51. The molecule has 0 fully saturated rings. The Bertz CT molecular complexity index is 782. The van der Waals surface area contributed by atoms with Gasteiger partial charge in [0.2, 0.25) is 0 Å². The van der Waals surface area contributed by atoms with Crippen molar-refractivity contribution < 1.29 is 19.1 Å². The lowest BCUT2D eigenvalue weighted by molar-refractivity contribution is -0.182. The second-order valence-electron chi connectivity index (χ2n) is 12.1. The first-order valence-electron chi connectivity index (χ1n) is 15.4. The summed E-state index contributed by atoms with van der Waals surface area (Å²) in [6.07, 6.45) is 24.2. The Kier molecular flexibility index (Phi) is 15.4. The van der Waals surface area contributed by atoms with Gasteiger partial charge in [0.05, 0.1) is 0 Å². The van der Waals surface area contributed by atoms with Crippen LogP contribution in [-0.2, 0) is 25.7 Å². The van der Waals surface area contributed by atoms with Crippen LogP contribution in [0.1, 0.15) is 142 Å². The van der Waals surface area contributed by atoms with E-state index in [0.717, 1.165) is 44.1 Å². The van der Waals surface area contributed by atoms with Crippen LogP contribution in [0.3, 0.4) is 0 Å². The van der Waals surface area contributed by atoms with Crippen molar-refractivity contribution in [2.75, 3.05) is 0 Å². The van der Waals surface area contributed by atoms with Gasteiger partial charge in [-0.05, 0) is 64.9 Å². The number of carbonyl (C=O) groups is 2. The number of allylic oxidation sites excluding steroid dienone is 2. The summed E-state index contributed by atoms with van der Waals surface area (Å²) in [6.45, 7) is 5.80. The molecule has 0 aliphatic heterocycles. The van der Waals surface area contributed by atoms with Gasteiger partial charge in [0.15, 0.2) is 5.41 Å². The molecular weight excluding hydrogens is 472 g/mol. The first kappa shape index (κ1) is 32.1. The van der Waals surface area contributed by atoms with Crippen molar-refractivity contribution in [1.82, 2.24) is 0 Å². The third kappa shape index (κ3) is 13.1. The van der Waals surface area contributed by atoms with Gasteiger partial charge in [-0.25, -0.2) is 0 Å². The van der Waals surface area contributed by atoms with Gasteiger partial charge in [-0.3, -0.25) is 9.59 Å². The van der Waals surface area contributed by atoms with Crippen molar-refractivity contribution in [1.29, 1.82) is 0 Å². The second-order valence-corrected chi connectivity index (χ2v) is 12.1. The van der Waals surface area contributed by atoms with Gasteiger partial charge >= 0.3 is 11.9 Å². The van der Waals surface area contributed by atoms with Gasteiger partial charge < -0.3 is 9.47 Å². The molecule has 0 heterocycles. The van der Waals surface area contributed by atoms with Crippen LogP contribution in [0, 0.1) is 5.41 Å². The van der Waals surface area contributed by atoms with E-state index in [4.69, 9.17) is 9.47 Å². The first-order chi connectivity index (χ1) is 18.3. The van der Waals surface area contributed by atoms with E-state index in [2.05, 4.69) is 12.2 Å². The van der Waals surface area contributed by atoms with Crippen molar-refractivity contribution in [2.45, 2.75) is 149 Å². The molecule has 0 N–H and O–H groups in total. The Labute approximate surface area is 233 Å². The fraction of sp³-hybridized carbons (Fsp3) is 0.706. The van der Waals surface area contributed by atoms with Crippen molar-refractivity contribution in [3.63, 3.8) is 0 Å². The molecule has 0 amide bonds. The first-order valence-corrected chi connectivity index (χ1v) is 15.4. The molecule has 0 unspecified atom stereocenters. The van der Waals surface area contributed by atoms with E-state index in [1.165, 1.54) is 64.2 Å². The second kappa shape index (κ2) is 18.2. The number of benzene rings is 1. The monoisotopic (exact) mass is 526 g/mol. The largest absolute Gasteiger partial charge is 0.460 e. The molecule has 0 spiro atoms. The molecule has 1 aromatic carbocycles. The van der Waals surface area contributed by atoms with E-state index in [1.54, 1.807) is 0 Å². The molecule has 0 atom stereocenters. The van der Waals surface area contributed by atoms with Crippen LogP contribution < -0.4 is 0 Å². The molecule has 0 aromatic heterocycles. The molecule has 2 rings (SSSR count). The maximum atomic E-state index is 13.7. The molecule has 1 aliphatic carbocycles. The minimum Gasteiger partial charge on any atom is -0.460 e. The Morgan fingerprint density at radius 3 is 1.58 bits per heavy atom. The van der Waals surface area contributed by atoms with Crippen LogP contribution in [0.25, 0.3) is 0 Å². The lowest BCUT2D eigenvalue weighted by Gasteiger charge is -2.33. The Morgan fingerprint density at radius 1 is 0.658 bits per heavy atom. The number of rotatable bonds is 4. The Morgan fingerprint density at radius 2 is 1.11 bits per heavy atom. The van der Waals surface area contributed by atoms with E-state index < -0.39 is 23.0 Å². The number of carbonyl (C=O) groups excluding carboxylic acids is 2. The maximum absolute atomic E-state index is 13.7. The molecule has 38 heavy (non-hydrogen) atoms. The standard InChI is InChI=1S/C34H54O4/c1-33(2,3)38-32(36)34(31(35)37-29-30-25-21-20-22-26-30)27-23-18-16-14-12-10-8-6-4-5-7-9-11-13-15-17-19-24-28-34/h4-5,20-22,25-26H,6-19,23-24,27-29H2,1-3H3/b5-4+. The summed E-state index contributed by atoms with van der Waals surface area (Å²) in [4.78, 5) is 27.4. The molecule has 0 saturated carbocycles. The quantitative estimate of drug-likeness (QED) is 0.223. The summed E-state index contributed by atoms with van der Waals surface area (Å²) >= 11 is 0. The topological polar surface area (TPSA) is 52.6 Å². The minimum absolute atomic E-state index is 0.180. The molecule has 4 heteroatoms. The number of esters is 2. The molecule has 0 radical (unpaired) electrons. The molecule has 0 saturated heterocycles. The highest BCUT2D eigenvalue weighted by molar-refractivity contribution is 6.00. The van der Waals surface area contributed by atoms with E-state index in [-0.39, 0.29) is 6.61 Å². The SMILES string of the molecule is CC(C)(C)OC(=O)C1(C(=O)OCc2ccccc2)CCCCCCCCC/C=C/CCCCCCCCC1. The van der Waals surface area contributed by atoms with Crippen LogP contribution in [-0.4, -0.2) is 17.5 Å². The van der Waals surface area contributed by atoms with Crippen LogP contribution in [0.2, 0.25) is 0 Å². The van der Waals surface area contributed by atoms with Gasteiger partial charge in [-0.15, -0.1) is 0 Å². The summed E-state index contributed by atoms with van der Waals surface area (Å²) in [5, 5.41) is 0. The summed E-state index contributed by atoms with van der Waals surface area (Å²) in [6, 6.07) is 9.70. The minimum atomic E-state index is -1.23. The lowest BCUT2D eigenvalue weighted by Crippen LogP contribution is -2.44. The smallest absolute Gasteiger partial charge is 0.324 e. The predicted molar refractivity (Wildman–Crippen MR) is 157 cm³/mol. The van der Waals surface area contributed by atoms with Gasteiger partial charge in [0.25, 0.3) is 0 Å². The zero-order valence-electron chi connectivity index (χ0n) is 24.6. The number of hydrogen-bond acceptors (Lipinski definition) is 4. The Balaban J connectivity index is 2.12. The summed E-state index contributed by atoms with van der Waals surface area (Å²) in [7, 11) is 0. The summed E-state index contributed by atoms with van der Waals surface area (Å²) in [5.74, 6) is -0.824. The van der Waals surface area contributed by atoms with Gasteiger partial charge in [0, 0.05) is 0 Å². The van der Waals surface area contributed by atoms with Crippen LogP contribution >= 0.6 is 0 Å². The molecule has 214 valence electrons. The molecule has 1 aliphatic rings. The average molecular weight is 527 g/mol. The summed E-state index contributed by atoms with van der Waals surface area (Å²) in [5.41, 5.74) is -0.953. The highest BCUT2D eigenvalue weighted by Gasteiger charge is 2.49. The van der Waals surface area contributed by atoms with Crippen molar-refractivity contribution in [3.8, 4) is 0 Å². The average Bonchev–Trinajstić information content (AvgIpc) is 2.88. The highest BCUT2D eigenvalue weighted by atomic mass is 16.6. The normalized spacial score (nSPS) is 20.4. The van der Waals surface area contributed by atoms with Crippen LogP contribution in [0.5, 0.6) is 0 Å². The van der Waals surface area contributed by atoms with Crippen LogP contribution in [0.4, 0.5) is 0 Å². The van der Waals surface area contributed by atoms with Crippen molar-refractivity contribution >= 4 is 11.9 Å². The van der Waals surface area contributed by atoms with Gasteiger partial charge in [-0.2, -0.15) is 0 Å². The third-order valence-corrected chi connectivity index (χ3v) is 7.51. The number of ether oxygens (including phenoxy) is 2. The van der Waals surface area contributed by atoms with E-state index >= 15 is 0 Å². The van der Waals surface area contributed by atoms with Gasteiger partial charge in [0.1, 0.15) is 12.2 Å². The fourth-order valence-electron chi connectivity index (χ4n) is 5.24. The zero-order chi connectivity index (χ0) is 27.5. The fourth-order valence-corrected chi connectivity index (χ4v) is 5.24. The van der Waals surface area contributed by atoms with E-state index in [1.807, 2.05) is 51.1 Å². The molecule has 4 nitrogen and oxygen atoms in total. The zero-order valence-corrected chi connectivity index (χ0v) is 24.6. The van der Waals surface area contributed by atoms with Gasteiger partial charge in [-0.1, -0.05) is 120 Å². The molecule has 0 bridgehead atoms. The van der Waals surface area contributed by atoms with Crippen molar-refractivity contribution in [3.05, 3.63) is 48.0 Å². The van der Waals surface area contributed by atoms with Crippen LogP contribution in [0.15, 0.2) is 42.5 Å². The van der Waals surface area contributed by atoms with E-state index in [9.17, 15) is 9.59 Å². The highest BCUT2D eigenvalue weighted by Crippen LogP contribution is 2.37. The Hall–Kier alpha value is -2.10. The lowest BCUT2D eigenvalue weighted by atomic mass is 9.77. The molecular formula is C34H54O4. The predicted octanol–water partition coefficient (Wildman–Crippen LogP) is 9.65.